The summed E-state index contributed by atoms with van der Waals surface area (Å²) in [6.07, 6.45) is 0. The maximum absolute atomic E-state index is 8.24. The average molecular weight is 222 g/mol. The van der Waals surface area contributed by atoms with Crippen molar-refractivity contribution in [3.63, 3.8) is 0 Å². The molecule has 2 rings (SSSR count). The van der Waals surface area contributed by atoms with Gasteiger partial charge in [-0.05, 0) is 38.8 Å². The van der Waals surface area contributed by atoms with Crippen molar-refractivity contribution in [2.24, 2.45) is 0 Å². The van der Waals surface area contributed by atoms with Gasteiger partial charge >= 0.3 is 0 Å². The Hall–Kier alpha value is -0.600. The molecule has 0 unspecified atom stereocenters. The first-order chi connectivity index (χ1) is 8.40. The van der Waals surface area contributed by atoms with E-state index in [0.717, 1.165) is 37.3 Å². The molecule has 0 fully saturated rings. The molecule has 0 aliphatic carbocycles. The second-order valence-electron chi connectivity index (χ2n) is 5.31. The van der Waals surface area contributed by atoms with Gasteiger partial charge in [0.2, 0.25) is 0 Å². The molecular weight excluding hydrogens is 196 g/mol. The summed E-state index contributed by atoms with van der Waals surface area (Å²) in [4.78, 5) is 4.56. The van der Waals surface area contributed by atoms with Crippen LogP contribution in [0.25, 0.3) is 0 Å². The lowest BCUT2D eigenvalue weighted by Gasteiger charge is -2.37. The highest BCUT2D eigenvalue weighted by Crippen LogP contribution is 2.24. The minimum atomic E-state index is 0.440. The lowest BCUT2D eigenvalue weighted by Crippen LogP contribution is -2.42. The Balaban J connectivity index is 2.31. The average Bonchev–Trinajstić information content (AvgIpc) is 2.29. The lowest BCUT2D eigenvalue weighted by atomic mass is 9.96. The van der Waals surface area contributed by atoms with Crippen molar-refractivity contribution < 1.29 is 2.74 Å². The zero-order valence-electron chi connectivity index (χ0n) is 12.9. The fraction of sp³-hybridized carbons (Fsp3) is 0.714. The van der Waals surface area contributed by atoms with Crippen molar-refractivity contribution in [1.29, 1.82) is 0 Å². The molecule has 0 spiro atoms. The van der Waals surface area contributed by atoms with E-state index in [1.54, 1.807) is 0 Å². The summed E-state index contributed by atoms with van der Waals surface area (Å²) in [5, 5.41) is 0. The maximum atomic E-state index is 8.24. The number of rotatable bonds is 2. The molecule has 90 valence electrons. The molecule has 0 amide bonds. The van der Waals surface area contributed by atoms with E-state index in [1.807, 2.05) is 0 Å². The highest BCUT2D eigenvalue weighted by atomic mass is 15.2. The molecule has 2 aliphatic heterocycles. The first-order valence-corrected chi connectivity index (χ1v) is 6.25. The van der Waals surface area contributed by atoms with E-state index in [2.05, 4.69) is 37.5 Å². The van der Waals surface area contributed by atoms with Crippen LogP contribution in [-0.2, 0) is 0 Å². The molecule has 2 heteroatoms. The van der Waals surface area contributed by atoms with Gasteiger partial charge in [0.15, 0.2) is 0 Å². The highest BCUT2D eigenvalue weighted by molar-refractivity contribution is 5.38. The number of hydrogen-bond acceptors (Lipinski definition) is 2. The molecule has 0 aromatic heterocycles. The van der Waals surface area contributed by atoms with Crippen LogP contribution in [0.3, 0.4) is 0 Å². The van der Waals surface area contributed by atoms with E-state index in [0.29, 0.717) is 24.2 Å². The standard InChI is InChI=1S/C14H24N2/c1-11(2)15-7-5-14-10-16(12(3)4)8-6-13(14)9-15/h5-6,11-12H,7-10H2,1-4H3/i5D,6D. The molecule has 0 aromatic rings. The Morgan fingerprint density at radius 1 is 0.938 bits per heavy atom. The Morgan fingerprint density at radius 2 is 1.31 bits per heavy atom. The van der Waals surface area contributed by atoms with Gasteiger partial charge in [0.25, 0.3) is 0 Å². The number of nitrogens with zero attached hydrogens (tertiary/aromatic N) is 2. The zero-order chi connectivity index (χ0) is 13.4. The predicted octanol–water partition coefficient (Wildman–Crippen LogP) is 2.29. The number of hydrogen-bond donors (Lipinski definition) is 0. The van der Waals surface area contributed by atoms with Crippen LogP contribution in [-0.4, -0.2) is 48.1 Å². The Morgan fingerprint density at radius 3 is 1.62 bits per heavy atom. The second kappa shape index (κ2) is 4.72. The van der Waals surface area contributed by atoms with Gasteiger partial charge < -0.3 is 0 Å². The van der Waals surface area contributed by atoms with E-state index in [-0.39, 0.29) is 0 Å². The second-order valence-corrected chi connectivity index (χ2v) is 5.31. The molecule has 0 N–H and O–H groups in total. The van der Waals surface area contributed by atoms with E-state index >= 15 is 0 Å². The molecule has 16 heavy (non-hydrogen) atoms. The van der Waals surface area contributed by atoms with E-state index < -0.39 is 0 Å². The molecule has 0 aromatic carbocycles. The van der Waals surface area contributed by atoms with Crippen LogP contribution in [0.15, 0.2) is 23.3 Å². The van der Waals surface area contributed by atoms with Gasteiger partial charge in [-0.25, -0.2) is 0 Å². The predicted molar refractivity (Wildman–Crippen MR) is 69.6 cm³/mol. The summed E-state index contributed by atoms with van der Waals surface area (Å²) in [5.41, 5.74) is 2.22. The monoisotopic (exact) mass is 222 g/mol. The van der Waals surface area contributed by atoms with Crippen LogP contribution in [0.1, 0.15) is 30.4 Å². The molecule has 2 aliphatic rings. The van der Waals surface area contributed by atoms with Gasteiger partial charge in [0.05, 0.1) is 2.74 Å². The SMILES string of the molecule is [2H]C1=C2CN(C(C)C)CC([2H])=C2CN(C(C)C)C1. The first kappa shape index (κ1) is 9.43. The summed E-state index contributed by atoms with van der Waals surface area (Å²) in [6.45, 7) is 11.8. The third kappa shape index (κ3) is 2.38. The summed E-state index contributed by atoms with van der Waals surface area (Å²) in [7, 11) is 0. The van der Waals surface area contributed by atoms with Gasteiger partial charge in [-0.15, -0.1) is 0 Å². The smallest absolute Gasteiger partial charge is 0.0593 e. The van der Waals surface area contributed by atoms with Gasteiger partial charge in [-0.2, -0.15) is 0 Å². The van der Waals surface area contributed by atoms with E-state index in [9.17, 15) is 0 Å². The maximum Gasteiger partial charge on any atom is 0.0593 e. The quantitative estimate of drug-likeness (QED) is 0.707. The van der Waals surface area contributed by atoms with Crippen LogP contribution in [0, 0.1) is 0 Å². The van der Waals surface area contributed by atoms with Crippen molar-refractivity contribution in [1.82, 2.24) is 9.80 Å². The van der Waals surface area contributed by atoms with Crippen molar-refractivity contribution in [3.05, 3.63) is 23.3 Å². The van der Waals surface area contributed by atoms with E-state index in [4.69, 9.17) is 2.74 Å². The van der Waals surface area contributed by atoms with Crippen molar-refractivity contribution in [2.75, 3.05) is 26.2 Å². The fourth-order valence-corrected chi connectivity index (χ4v) is 2.16. The minimum absolute atomic E-state index is 0.440. The molecule has 2 nitrogen and oxygen atoms in total. The molecule has 0 atom stereocenters. The molecule has 0 saturated heterocycles. The van der Waals surface area contributed by atoms with Crippen LogP contribution in [0.2, 0.25) is 0 Å². The zero-order valence-corrected chi connectivity index (χ0v) is 10.9. The van der Waals surface area contributed by atoms with Crippen LogP contribution in [0.4, 0.5) is 0 Å². The Kier molecular flexibility index (Phi) is 2.78. The van der Waals surface area contributed by atoms with Crippen LogP contribution < -0.4 is 0 Å². The van der Waals surface area contributed by atoms with Crippen LogP contribution >= 0.6 is 0 Å². The molecule has 0 bridgehead atoms. The third-order valence-corrected chi connectivity index (χ3v) is 3.54. The van der Waals surface area contributed by atoms with Gasteiger partial charge in [-0.1, -0.05) is 12.1 Å². The van der Waals surface area contributed by atoms with Crippen molar-refractivity contribution in [2.45, 2.75) is 39.8 Å². The fourth-order valence-electron chi connectivity index (χ4n) is 2.16. The molecule has 2 heterocycles. The Bertz CT molecular complexity index is 359. The minimum Gasteiger partial charge on any atom is -0.293 e. The Labute approximate surface area is 102 Å². The summed E-state index contributed by atoms with van der Waals surface area (Å²) < 4.78 is 16.5. The summed E-state index contributed by atoms with van der Waals surface area (Å²) >= 11 is 0. The van der Waals surface area contributed by atoms with Crippen molar-refractivity contribution in [3.8, 4) is 0 Å². The first-order valence-electron chi connectivity index (χ1n) is 7.25. The topological polar surface area (TPSA) is 6.48 Å². The number of fused-ring (bicyclic) bond motifs is 1. The summed E-state index contributed by atoms with van der Waals surface area (Å²) in [6, 6.07) is 2.30. The van der Waals surface area contributed by atoms with Crippen molar-refractivity contribution >= 4 is 0 Å². The van der Waals surface area contributed by atoms with Gasteiger partial charge in [-0.3, -0.25) is 9.80 Å². The lowest BCUT2D eigenvalue weighted by molar-refractivity contribution is 0.232. The van der Waals surface area contributed by atoms with Crippen LogP contribution in [0.5, 0.6) is 0 Å². The van der Waals surface area contributed by atoms with Gasteiger partial charge in [0.1, 0.15) is 0 Å². The third-order valence-electron chi connectivity index (χ3n) is 3.54. The van der Waals surface area contributed by atoms with E-state index in [1.165, 1.54) is 0 Å². The molecular formula is C14H24N2. The molecule has 0 saturated carbocycles. The molecule has 0 radical (unpaired) electrons. The van der Waals surface area contributed by atoms with Gasteiger partial charge in [0, 0.05) is 38.3 Å². The highest BCUT2D eigenvalue weighted by Gasteiger charge is 2.23. The normalized spacial score (nSPS) is 26.4. The largest absolute Gasteiger partial charge is 0.293 e. The summed E-state index contributed by atoms with van der Waals surface area (Å²) in [5.74, 6) is 0.